The lowest BCUT2D eigenvalue weighted by Gasteiger charge is -2.25. The molecule has 0 aliphatic carbocycles. The molecule has 0 aliphatic rings. The van der Waals surface area contributed by atoms with Crippen LogP contribution in [0.3, 0.4) is 0 Å². The molecule has 146 valence electrons. The Morgan fingerprint density at radius 2 is 1.52 bits per heavy atom. The number of rotatable bonds is 9. The molecule has 0 saturated heterocycles. The van der Waals surface area contributed by atoms with Crippen molar-refractivity contribution in [2.75, 3.05) is 0 Å². The summed E-state index contributed by atoms with van der Waals surface area (Å²) in [5.74, 6) is -0.450. The van der Waals surface area contributed by atoms with Gasteiger partial charge in [0.05, 0.1) is 0 Å². The maximum absolute atomic E-state index is 12.3. The molecule has 0 aromatic rings. The Morgan fingerprint density at radius 1 is 0.920 bits per heavy atom. The normalized spacial score (nSPS) is 13.6. The van der Waals surface area contributed by atoms with Crippen molar-refractivity contribution < 1.29 is 19.1 Å². The van der Waals surface area contributed by atoms with Crippen LogP contribution in [-0.2, 0) is 14.3 Å². The quantitative estimate of drug-likeness (QED) is 0.353. The van der Waals surface area contributed by atoms with Crippen molar-refractivity contribution >= 4 is 12.1 Å². The van der Waals surface area contributed by atoms with Gasteiger partial charge in [0.1, 0.15) is 17.2 Å². The number of carbonyl (C=O) groups excluding carboxylic acids is 2. The fourth-order valence-corrected chi connectivity index (χ4v) is 2.08. The molecule has 1 atom stereocenters. The minimum absolute atomic E-state index is 0.391. The predicted molar refractivity (Wildman–Crippen MR) is 102 cm³/mol. The minimum atomic E-state index is -0.749. The second kappa shape index (κ2) is 11.2. The fourth-order valence-electron chi connectivity index (χ4n) is 2.08. The third-order valence-electron chi connectivity index (χ3n) is 3.15. The molecule has 0 fully saturated rings. The van der Waals surface area contributed by atoms with E-state index in [-0.39, 0.29) is 0 Å². The van der Waals surface area contributed by atoms with Crippen LogP contribution in [0.2, 0.25) is 0 Å². The van der Waals surface area contributed by atoms with Crippen LogP contribution in [0, 0.1) is 0 Å². The van der Waals surface area contributed by atoms with Crippen LogP contribution in [0.4, 0.5) is 4.79 Å². The first kappa shape index (κ1) is 23.5. The summed E-state index contributed by atoms with van der Waals surface area (Å²) in [4.78, 5) is 24.3. The molecule has 0 radical (unpaired) electrons. The number of alkyl carbamates (subject to hydrolysis) is 1. The average molecular weight is 356 g/mol. The molecule has 0 aromatic heterocycles. The minimum Gasteiger partial charge on any atom is -0.458 e. The topological polar surface area (TPSA) is 64.6 Å². The number of allylic oxidation sites excluding steroid dienone is 1. The molecular formula is C20H37NO4. The molecule has 1 unspecified atom stereocenters. The van der Waals surface area contributed by atoms with Gasteiger partial charge < -0.3 is 14.8 Å². The average Bonchev–Trinajstić information content (AvgIpc) is 2.41. The molecule has 0 rings (SSSR count). The number of ether oxygens (including phenoxy) is 2. The SMILES string of the molecule is CCCCCC/C=C/CC(NC(=O)OC(C)(C)C)C(=O)OC(C)(C)C. The van der Waals surface area contributed by atoms with Crippen LogP contribution >= 0.6 is 0 Å². The summed E-state index contributed by atoms with van der Waals surface area (Å²) in [6, 6.07) is -0.749. The zero-order chi connectivity index (χ0) is 19.5. The van der Waals surface area contributed by atoms with Crippen molar-refractivity contribution in [2.45, 2.75) is 104 Å². The van der Waals surface area contributed by atoms with Crippen molar-refractivity contribution in [2.24, 2.45) is 0 Å². The van der Waals surface area contributed by atoms with Gasteiger partial charge in [-0.2, -0.15) is 0 Å². The summed E-state index contributed by atoms with van der Waals surface area (Å²) in [6.07, 6.45) is 9.56. The highest BCUT2D eigenvalue weighted by Crippen LogP contribution is 2.12. The summed E-state index contributed by atoms with van der Waals surface area (Å²) in [7, 11) is 0. The zero-order valence-corrected chi connectivity index (χ0v) is 17.1. The number of hydrogen-bond acceptors (Lipinski definition) is 4. The standard InChI is InChI=1S/C20H37NO4/c1-8-9-10-11-12-13-14-15-16(17(22)24-19(2,3)4)21-18(23)25-20(5,6)7/h13-14,16H,8-12,15H2,1-7H3,(H,21,23)/b14-13+. The Morgan fingerprint density at radius 3 is 2.04 bits per heavy atom. The van der Waals surface area contributed by atoms with E-state index < -0.39 is 29.3 Å². The maximum Gasteiger partial charge on any atom is 0.408 e. The van der Waals surface area contributed by atoms with Crippen molar-refractivity contribution in [1.82, 2.24) is 5.32 Å². The molecule has 0 aromatic carbocycles. The van der Waals surface area contributed by atoms with E-state index in [4.69, 9.17) is 9.47 Å². The Labute approximate surface area is 153 Å². The first-order valence-electron chi connectivity index (χ1n) is 9.32. The van der Waals surface area contributed by atoms with Crippen molar-refractivity contribution in [3.8, 4) is 0 Å². The van der Waals surface area contributed by atoms with E-state index in [9.17, 15) is 9.59 Å². The van der Waals surface area contributed by atoms with Crippen LogP contribution < -0.4 is 5.32 Å². The first-order valence-corrected chi connectivity index (χ1v) is 9.32. The lowest BCUT2D eigenvalue weighted by atomic mass is 10.1. The van der Waals surface area contributed by atoms with E-state index in [0.717, 1.165) is 12.8 Å². The van der Waals surface area contributed by atoms with Gasteiger partial charge in [-0.05, 0) is 60.8 Å². The van der Waals surface area contributed by atoms with Gasteiger partial charge in [0.2, 0.25) is 0 Å². The third kappa shape index (κ3) is 14.5. The molecule has 1 N–H and O–H groups in total. The number of amides is 1. The smallest absolute Gasteiger partial charge is 0.408 e. The monoisotopic (exact) mass is 355 g/mol. The summed E-state index contributed by atoms with van der Waals surface area (Å²) in [6.45, 7) is 12.9. The van der Waals surface area contributed by atoms with Crippen molar-refractivity contribution in [3.05, 3.63) is 12.2 Å². The van der Waals surface area contributed by atoms with Crippen LogP contribution in [-0.4, -0.2) is 29.3 Å². The number of nitrogens with one attached hydrogen (secondary N) is 1. The highest BCUT2D eigenvalue weighted by molar-refractivity contribution is 5.81. The third-order valence-corrected chi connectivity index (χ3v) is 3.15. The van der Waals surface area contributed by atoms with Gasteiger partial charge in [-0.15, -0.1) is 0 Å². The molecule has 0 spiro atoms. The van der Waals surface area contributed by atoms with Gasteiger partial charge in [-0.25, -0.2) is 9.59 Å². The molecule has 0 saturated carbocycles. The van der Waals surface area contributed by atoms with E-state index in [1.807, 2.05) is 6.08 Å². The molecule has 1 amide bonds. The Kier molecular flexibility index (Phi) is 10.5. The van der Waals surface area contributed by atoms with E-state index >= 15 is 0 Å². The number of esters is 1. The molecule has 5 heteroatoms. The van der Waals surface area contributed by atoms with E-state index in [0.29, 0.717) is 6.42 Å². The zero-order valence-electron chi connectivity index (χ0n) is 17.1. The second-order valence-electron chi connectivity index (χ2n) is 8.29. The summed E-state index contributed by atoms with van der Waals surface area (Å²) in [5.41, 5.74) is -1.22. The van der Waals surface area contributed by atoms with Gasteiger partial charge in [-0.1, -0.05) is 38.3 Å². The molecule has 0 aliphatic heterocycles. The Balaban J connectivity index is 4.65. The lowest BCUT2D eigenvalue weighted by Crippen LogP contribution is -2.45. The number of carbonyl (C=O) groups is 2. The Hall–Kier alpha value is -1.52. The van der Waals surface area contributed by atoms with Gasteiger partial charge in [0.25, 0.3) is 0 Å². The molecule has 5 nitrogen and oxygen atoms in total. The van der Waals surface area contributed by atoms with Gasteiger partial charge in [0, 0.05) is 0 Å². The maximum atomic E-state index is 12.3. The van der Waals surface area contributed by atoms with Crippen LogP contribution in [0.1, 0.15) is 87.0 Å². The Bertz CT molecular complexity index is 430. The van der Waals surface area contributed by atoms with E-state index in [1.54, 1.807) is 41.5 Å². The second-order valence-corrected chi connectivity index (χ2v) is 8.29. The first-order chi connectivity index (χ1) is 11.4. The molecule has 0 heterocycles. The summed E-state index contributed by atoms with van der Waals surface area (Å²) in [5, 5.41) is 2.62. The molecular weight excluding hydrogens is 318 g/mol. The molecule has 0 bridgehead atoms. The number of unbranched alkanes of at least 4 members (excludes halogenated alkanes) is 4. The van der Waals surface area contributed by atoms with E-state index in [1.165, 1.54) is 19.3 Å². The molecule has 25 heavy (non-hydrogen) atoms. The van der Waals surface area contributed by atoms with Crippen molar-refractivity contribution in [1.29, 1.82) is 0 Å². The van der Waals surface area contributed by atoms with Crippen LogP contribution in [0.15, 0.2) is 12.2 Å². The predicted octanol–water partition coefficient (Wildman–Crippen LogP) is 5.14. The summed E-state index contributed by atoms with van der Waals surface area (Å²) >= 11 is 0. The van der Waals surface area contributed by atoms with Gasteiger partial charge >= 0.3 is 12.1 Å². The van der Waals surface area contributed by atoms with Crippen LogP contribution in [0.25, 0.3) is 0 Å². The van der Waals surface area contributed by atoms with Crippen LogP contribution in [0.5, 0.6) is 0 Å². The highest BCUT2D eigenvalue weighted by atomic mass is 16.6. The van der Waals surface area contributed by atoms with Crippen molar-refractivity contribution in [3.63, 3.8) is 0 Å². The highest BCUT2D eigenvalue weighted by Gasteiger charge is 2.27. The largest absolute Gasteiger partial charge is 0.458 e. The van der Waals surface area contributed by atoms with Gasteiger partial charge in [-0.3, -0.25) is 0 Å². The number of hydrogen-bond donors (Lipinski definition) is 1. The summed E-state index contributed by atoms with van der Waals surface area (Å²) < 4.78 is 10.6. The van der Waals surface area contributed by atoms with Gasteiger partial charge in [0.15, 0.2) is 0 Å². The van der Waals surface area contributed by atoms with E-state index in [2.05, 4.69) is 18.3 Å². The fraction of sp³-hybridized carbons (Fsp3) is 0.800. The lowest BCUT2D eigenvalue weighted by molar-refractivity contribution is -0.157.